The molecule has 0 aromatic rings. The second-order valence-electron chi connectivity index (χ2n) is 6.36. The van der Waals surface area contributed by atoms with E-state index in [0.29, 0.717) is 18.0 Å². The van der Waals surface area contributed by atoms with Crippen molar-refractivity contribution in [1.82, 2.24) is 0 Å². The lowest BCUT2D eigenvalue weighted by Gasteiger charge is -2.37. The monoisotopic (exact) mass is 271 g/mol. The predicted octanol–water partition coefficient (Wildman–Crippen LogP) is 2.66. The molecule has 2 aliphatic rings. The van der Waals surface area contributed by atoms with Crippen molar-refractivity contribution in [3.63, 3.8) is 0 Å². The molecule has 2 rings (SSSR count). The van der Waals surface area contributed by atoms with Gasteiger partial charge in [-0.25, -0.2) is 0 Å². The maximum Gasteiger partial charge on any atom is 0.325 e. The van der Waals surface area contributed by atoms with E-state index in [1.165, 1.54) is 25.7 Å². The van der Waals surface area contributed by atoms with Crippen molar-refractivity contribution in [1.29, 1.82) is 0 Å². The summed E-state index contributed by atoms with van der Waals surface area (Å²) >= 11 is 0. The van der Waals surface area contributed by atoms with Crippen LogP contribution < -0.4 is 11.5 Å². The van der Waals surface area contributed by atoms with Crippen molar-refractivity contribution in [2.75, 3.05) is 6.16 Å². The van der Waals surface area contributed by atoms with E-state index < -0.39 is 0 Å². The molecule has 0 aromatic heterocycles. The Morgan fingerprint density at radius 2 is 1.22 bits per heavy atom. The number of rotatable bonds is 4. The van der Waals surface area contributed by atoms with Gasteiger partial charge >= 0.3 is 8.46 Å². The van der Waals surface area contributed by atoms with Crippen LogP contribution in [0, 0.1) is 17.8 Å². The fourth-order valence-electron chi connectivity index (χ4n) is 3.96. The molecule has 4 N–H and O–H groups in total. The Balaban J connectivity index is 1.92. The lowest BCUT2D eigenvalue weighted by molar-refractivity contribution is 0.150. The summed E-state index contributed by atoms with van der Waals surface area (Å²) in [5, 5.41) is 0. The summed E-state index contributed by atoms with van der Waals surface area (Å²) in [6, 6.07) is 0.827. The molecule has 2 aliphatic carbocycles. The second kappa shape index (κ2) is 6.98. The Morgan fingerprint density at radius 3 is 1.56 bits per heavy atom. The Kier molecular flexibility index (Phi) is 5.59. The van der Waals surface area contributed by atoms with Crippen LogP contribution >= 0.6 is 8.46 Å². The fourth-order valence-corrected chi connectivity index (χ4v) is 4.82. The first-order valence-corrected chi connectivity index (χ1v) is 8.68. The van der Waals surface area contributed by atoms with Gasteiger partial charge in [-0.05, 0) is 63.2 Å². The lowest BCUT2D eigenvalue weighted by Crippen LogP contribution is -2.36. The Bertz CT molecular complexity index is 237. The maximum absolute atomic E-state index is 11.1. The van der Waals surface area contributed by atoms with E-state index in [1.54, 1.807) is 0 Å². The molecule has 2 fully saturated rings. The molecule has 18 heavy (non-hydrogen) atoms. The molecule has 0 saturated heterocycles. The minimum absolute atomic E-state index is 0.138. The van der Waals surface area contributed by atoms with Crippen LogP contribution in [0.3, 0.4) is 0 Å². The summed E-state index contributed by atoms with van der Waals surface area (Å²) in [5.41, 5.74) is 12.0. The quantitative estimate of drug-likeness (QED) is 0.772. The van der Waals surface area contributed by atoms with Gasteiger partial charge in [-0.2, -0.15) is 0 Å². The van der Waals surface area contributed by atoms with E-state index in [9.17, 15) is 4.57 Å². The van der Waals surface area contributed by atoms with E-state index in [2.05, 4.69) is 0 Å². The van der Waals surface area contributed by atoms with Crippen LogP contribution in [0.25, 0.3) is 0 Å². The predicted molar refractivity (Wildman–Crippen MR) is 77.2 cm³/mol. The molecule has 0 heterocycles. The van der Waals surface area contributed by atoms with Crippen LogP contribution in [0.2, 0.25) is 0 Å². The smallest absolute Gasteiger partial charge is 0.325 e. The van der Waals surface area contributed by atoms with Crippen LogP contribution in [0.15, 0.2) is 0 Å². The van der Waals surface area contributed by atoms with Crippen molar-refractivity contribution < 1.29 is 4.57 Å². The van der Waals surface area contributed by atoms with Gasteiger partial charge in [0.2, 0.25) is 0 Å². The molecule has 104 valence electrons. The number of hydrogen-bond acceptors (Lipinski definition) is 3. The second-order valence-corrected chi connectivity index (χ2v) is 7.06. The van der Waals surface area contributed by atoms with Gasteiger partial charge in [0.15, 0.2) is 0 Å². The minimum Gasteiger partial charge on any atom is -0.328 e. The average Bonchev–Trinajstić information content (AvgIpc) is 2.39. The molecule has 2 saturated carbocycles. The minimum atomic E-state index is -0.138. The Hall–Kier alpha value is 0.0200. The summed E-state index contributed by atoms with van der Waals surface area (Å²) in [6.07, 6.45) is 10.5. The zero-order chi connectivity index (χ0) is 13.0. The Labute approximate surface area is 112 Å². The molecule has 1 atom stereocenters. The lowest BCUT2D eigenvalue weighted by atomic mass is 9.69. The van der Waals surface area contributed by atoms with Gasteiger partial charge < -0.3 is 11.5 Å². The average molecular weight is 271 g/mol. The molecule has 3 nitrogen and oxygen atoms in total. The molecule has 0 spiro atoms. The van der Waals surface area contributed by atoms with Crippen molar-refractivity contribution in [3.05, 3.63) is 0 Å². The van der Waals surface area contributed by atoms with Gasteiger partial charge in [-0.1, -0.05) is 4.57 Å². The maximum atomic E-state index is 11.1. The van der Waals surface area contributed by atoms with E-state index in [1.807, 2.05) is 0 Å². The van der Waals surface area contributed by atoms with Crippen molar-refractivity contribution >= 4 is 8.46 Å². The van der Waals surface area contributed by atoms with Gasteiger partial charge in [0.25, 0.3) is 0 Å². The number of hydrogen-bond donors (Lipinski definition) is 2. The first kappa shape index (κ1) is 14.4. The van der Waals surface area contributed by atoms with Gasteiger partial charge in [0.1, 0.15) is 6.16 Å². The van der Waals surface area contributed by atoms with Gasteiger partial charge in [0.05, 0.1) is 0 Å². The van der Waals surface area contributed by atoms with Crippen molar-refractivity contribution in [3.8, 4) is 0 Å². The molecule has 0 bridgehead atoms. The van der Waals surface area contributed by atoms with Crippen molar-refractivity contribution in [2.24, 2.45) is 29.2 Å². The third-order valence-corrected chi connectivity index (χ3v) is 5.80. The van der Waals surface area contributed by atoms with Crippen molar-refractivity contribution in [2.45, 2.75) is 63.5 Å². The zero-order valence-electron chi connectivity index (χ0n) is 11.3. The molecular weight excluding hydrogens is 243 g/mol. The van der Waals surface area contributed by atoms with Crippen LogP contribution in [0.5, 0.6) is 0 Å². The van der Waals surface area contributed by atoms with Gasteiger partial charge in [0, 0.05) is 18.0 Å². The number of nitrogens with two attached hydrogens (primary N) is 2. The highest BCUT2D eigenvalue weighted by Gasteiger charge is 2.35. The molecule has 0 aromatic carbocycles. The summed E-state index contributed by atoms with van der Waals surface area (Å²) < 4.78 is 11.1. The van der Waals surface area contributed by atoms with E-state index >= 15 is 0 Å². The first-order valence-electron chi connectivity index (χ1n) is 7.57. The van der Waals surface area contributed by atoms with Gasteiger partial charge in [-0.15, -0.1) is 0 Å². The van der Waals surface area contributed by atoms with E-state index in [0.717, 1.165) is 43.7 Å². The first-order chi connectivity index (χ1) is 8.70. The molecule has 1 unspecified atom stereocenters. The van der Waals surface area contributed by atoms with Crippen LogP contribution in [-0.4, -0.2) is 18.2 Å². The molecule has 0 amide bonds. The van der Waals surface area contributed by atoms with Crippen LogP contribution in [-0.2, 0) is 4.57 Å². The van der Waals surface area contributed by atoms with Gasteiger partial charge in [-0.3, -0.25) is 0 Å². The summed E-state index contributed by atoms with van der Waals surface area (Å²) in [6.45, 7) is 0. The zero-order valence-corrected chi connectivity index (χ0v) is 12.3. The normalized spacial score (nSPS) is 39.7. The standard InChI is InChI=1S/C14H27N2OP/c15-12-5-1-10(2-6-12)14(9-18-17)11-3-7-13(16)8-4-11/h10-14H,1-9,15-16H2/p+1. The van der Waals surface area contributed by atoms with Crippen LogP contribution in [0.1, 0.15) is 51.4 Å². The fraction of sp³-hybridized carbons (Fsp3) is 1.00. The molecule has 0 aliphatic heterocycles. The summed E-state index contributed by atoms with van der Waals surface area (Å²) in [7, 11) is -0.138. The van der Waals surface area contributed by atoms with E-state index in [4.69, 9.17) is 11.5 Å². The topological polar surface area (TPSA) is 69.1 Å². The Morgan fingerprint density at radius 1 is 0.833 bits per heavy atom. The highest BCUT2D eigenvalue weighted by molar-refractivity contribution is 7.23. The molecular formula is C14H28N2OP+. The van der Waals surface area contributed by atoms with Crippen LogP contribution in [0.4, 0.5) is 0 Å². The highest BCUT2D eigenvalue weighted by Crippen LogP contribution is 2.40. The largest absolute Gasteiger partial charge is 0.328 e. The summed E-state index contributed by atoms with van der Waals surface area (Å²) in [5.74, 6) is 2.21. The molecule has 4 heteroatoms. The van der Waals surface area contributed by atoms with E-state index in [-0.39, 0.29) is 8.46 Å². The highest BCUT2D eigenvalue weighted by atomic mass is 31.1. The third kappa shape index (κ3) is 3.76. The third-order valence-electron chi connectivity index (χ3n) is 5.16. The molecule has 0 radical (unpaired) electrons. The SMILES string of the molecule is NC1CCC(C(C[PH+]=O)C2CCC(N)CC2)CC1. The summed E-state index contributed by atoms with van der Waals surface area (Å²) in [4.78, 5) is 0.